The molecule has 0 aromatic heterocycles. The van der Waals surface area contributed by atoms with Crippen LogP contribution in [0.15, 0.2) is 41.1 Å². The highest BCUT2D eigenvalue weighted by Gasteiger charge is 2.55. The number of hydrogen-bond acceptors (Lipinski definition) is 7. The number of allylic oxidation sites excluding steroid dienone is 2. The lowest BCUT2D eigenvalue weighted by Crippen LogP contribution is -2.49. The number of rotatable bonds is 3. The summed E-state index contributed by atoms with van der Waals surface area (Å²) >= 11 is 0. The minimum absolute atomic E-state index is 0.0800. The quantitative estimate of drug-likeness (QED) is 0.814. The van der Waals surface area contributed by atoms with Gasteiger partial charge in [-0.15, -0.1) is 0 Å². The molecule has 1 aliphatic carbocycles. The van der Waals surface area contributed by atoms with E-state index in [0.717, 1.165) is 0 Å². The summed E-state index contributed by atoms with van der Waals surface area (Å²) < 4.78 is 10.9. The van der Waals surface area contributed by atoms with Crippen molar-refractivity contribution in [2.45, 2.75) is 12.8 Å². The normalized spacial score (nSPS) is 22.0. The Balaban J connectivity index is 2.38. The lowest BCUT2D eigenvalue weighted by molar-refractivity contribution is -0.129. The molecule has 0 radical (unpaired) electrons. The minimum Gasteiger partial charge on any atom is -0.497 e. The van der Waals surface area contributed by atoms with Crippen molar-refractivity contribution < 1.29 is 14.3 Å². The van der Waals surface area contributed by atoms with Gasteiger partial charge < -0.3 is 20.1 Å². The van der Waals surface area contributed by atoms with Gasteiger partial charge in [-0.2, -0.15) is 15.8 Å². The van der Waals surface area contributed by atoms with E-state index < -0.39 is 17.3 Å². The van der Waals surface area contributed by atoms with Gasteiger partial charge in [0.05, 0.1) is 37.6 Å². The highest BCUT2D eigenvalue weighted by molar-refractivity contribution is 5.74. The molecule has 8 heteroatoms. The van der Waals surface area contributed by atoms with Gasteiger partial charge in [-0.05, 0) is 23.8 Å². The van der Waals surface area contributed by atoms with Gasteiger partial charge in [0, 0.05) is 37.4 Å². The predicted molar refractivity (Wildman–Crippen MR) is 107 cm³/mol. The zero-order valence-electron chi connectivity index (χ0n) is 17.0. The van der Waals surface area contributed by atoms with Crippen LogP contribution in [0.3, 0.4) is 0 Å². The Morgan fingerprint density at radius 2 is 1.93 bits per heavy atom. The lowest BCUT2D eigenvalue weighted by Gasteiger charge is -2.45. The first-order chi connectivity index (χ1) is 14.4. The molecule has 152 valence electrons. The van der Waals surface area contributed by atoms with Gasteiger partial charge in [-0.25, -0.2) is 0 Å². The van der Waals surface area contributed by atoms with Crippen LogP contribution in [0, 0.1) is 45.3 Å². The molecule has 30 heavy (non-hydrogen) atoms. The van der Waals surface area contributed by atoms with Crippen LogP contribution in [0.2, 0.25) is 0 Å². The number of carbonyl (C=O) groups excluding carboxylic acids is 1. The fraction of sp³-hybridized carbons (Fsp3) is 0.364. The third kappa shape index (κ3) is 2.93. The Kier molecular flexibility index (Phi) is 5.41. The Labute approximate surface area is 175 Å². The van der Waals surface area contributed by atoms with E-state index in [-0.39, 0.29) is 23.7 Å². The maximum atomic E-state index is 12.1. The van der Waals surface area contributed by atoms with Crippen molar-refractivity contribution in [2.75, 3.05) is 27.3 Å². The van der Waals surface area contributed by atoms with Crippen LogP contribution in [-0.2, 0) is 4.79 Å². The second-order valence-electron chi connectivity index (χ2n) is 7.21. The highest BCUT2D eigenvalue weighted by Crippen LogP contribution is 2.56. The van der Waals surface area contributed by atoms with Crippen LogP contribution in [-0.4, -0.2) is 38.1 Å². The molecule has 1 aromatic rings. The molecule has 0 saturated carbocycles. The zero-order valence-corrected chi connectivity index (χ0v) is 17.0. The van der Waals surface area contributed by atoms with Crippen LogP contribution < -0.4 is 15.2 Å². The number of amides is 1. The van der Waals surface area contributed by atoms with Gasteiger partial charge in [0.2, 0.25) is 5.91 Å². The molecule has 1 heterocycles. The van der Waals surface area contributed by atoms with Crippen LogP contribution >= 0.6 is 0 Å². The number of fused-ring (bicyclic) bond motifs is 1. The summed E-state index contributed by atoms with van der Waals surface area (Å²) in [7, 11) is 3.01. The van der Waals surface area contributed by atoms with E-state index in [0.29, 0.717) is 29.2 Å². The fourth-order valence-electron chi connectivity index (χ4n) is 4.36. The molecule has 8 nitrogen and oxygen atoms in total. The molecular weight excluding hydrogens is 382 g/mol. The first kappa shape index (κ1) is 20.8. The second-order valence-corrected chi connectivity index (χ2v) is 7.21. The molecule has 0 spiro atoms. The maximum absolute atomic E-state index is 12.1. The molecule has 1 aliphatic heterocycles. The van der Waals surface area contributed by atoms with Gasteiger partial charge in [0.25, 0.3) is 0 Å². The third-order valence-electron chi connectivity index (χ3n) is 5.88. The summed E-state index contributed by atoms with van der Waals surface area (Å²) in [5, 5.41) is 30.1. The standard InChI is InChI=1S/C22H21N5O3/c1-13(28)27-7-6-15-17(9-23)21(26)22(11-24,12-25)20(18(15)10-27)16-8-14(29-2)4-5-19(16)30-3/h4-6,8,18,20H,7,10,26H2,1-3H3/t18-,20+/m1/s1. The number of nitrogens with zero attached hydrogens (tertiary/aromatic N) is 4. The summed E-state index contributed by atoms with van der Waals surface area (Å²) in [5.74, 6) is -0.424. The topological polar surface area (TPSA) is 136 Å². The lowest BCUT2D eigenvalue weighted by atomic mass is 9.58. The van der Waals surface area contributed by atoms with Crippen molar-refractivity contribution >= 4 is 5.91 Å². The Morgan fingerprint density at radius 3 is 2.47 bits per heavy atom. The molecular formula is C22H21N5O3. The Bertz CT molecular complexity index is 1070. The van der Waals surface area contributed by atoms with E-state index >= 15 is 0 Å². The van der Waals surface area contributed by atoms with Crippen LogP contribution in [0.5, 0.6) is 11.5 Å². The van der Waals surface area contributed by atoms with Crippen LogP contribution in [0.25, 0.3) is 0 Å². The maximum Gasteiger partial charge on any atom is 0.219 e. The van der Waals surface area contributed by atoms with Crippen molar-refractivity contribution in [1.82, 2.24) is 4.90 Å². The summed E-state index contributed by atoms with van der Waals surface area (Å²) in [6.45, 7) is 2.03. The smallest absolute Gasteiger partial charge is 0.219 e. The van der Waals surface area contributed by atoms with E-state index in [4.69, 9.17) is 15.2 Å². The first-order valence-electron chi connectivity index (χ1n) is 9.29. The van der Waals surface area contributed by atoms with Crippen LogP contribution in [0.1, 0.15) is 18.4 Å². The number of nitriles is 3. The number of ether oxygens (including phenoxy) is 2. The summed E-state index contributed by atoms with van der Waals surface area (Å²) in [6, 6.07) is 11.3. The minimum atomic E-state index is -1.81. The second kappa shape index (κ2) is 7.81. The summed E-state index contributed by atoms with van der Waals surface area (Å²) in [6.07, 6.45) is 1.78. The van der Waals surface area contributed by atoms with Gasteiger partial charge in [0.15, 0.2) is 5.41 Å². The first-order valence-corrected chi connectivity index (χ1v) is 9.29. The van der Waals surface area contributed by atoms with Gasteiger partial charge in [-0.1, -0.05) is 6.08 Å². The monoisotopic (exact) mass is 403 g/mol. The SMILES string of the molecule is COc1ccc(OC)c([C@H]2[C@@H]3CN(C(C)=O)CC=C3C(C#N)=C(N)C2(C#N)C#N)c1. The van der Waals surface area contributed by atoms with Crippen molar-refractivity contribution in [3.05, 3.63) is 46.7 Å². The predicted octanol–water partition coefficient (Wildman–Crippen LogP) is 1.98. The molecule has 0 fully saturated rings. The molecule has 0 saturated heterocycles. The fourth-order valence-corrected chi connectivity index (χ4v) is 4.36. The molecule has 0 unspecified atom stereocenters. The average molecular weight is 403 g/mol. The van der Waals surface area contributed by atoms with Gasteiger partial charge >= 0.3 is 0 Å². The van der Waals surface area contributed by atoms with E-state index in [1.54, 1.807) is 29.2 Å². The van der Waals surface area contributed by atoms with E-state index in [1.165, 1.54) is 21.1 Å². The van der Waals surface area contributed by atoms with Crippen molar-refractivity contribution in [3.8, 4) is 29.7 Å². The molecule has 2 N–H and O–H groups in total. The molecule has 0 bridgehead atoms. The van der Waals surface area contributed by atoms with E-state index in [2.05, 4.69) is 18.2 Å². The van der Waals surface area contributed by atoms with Gasteiger partial charge in [-0.3, -0.25) is 4.79 Å². The molecule has 1 aromatic carbocycles. The molecule has 1 amide bonds. The average Bonchev–Trinajstić information content (AvgIpc) is 2.77. The molecule has 2 aliphatic rings. The summed E-state index contributed by atoms with van der Waals surface area (Å²) in [4.78, 5) is 13.7. The van der Waals surface area contributed by atoms with Gasteiger partial charge in [0.1, 0.15) is 17.6 Å². The number of carbonyl (C=O) groups is 1. The largest absolute Gasteiger partial charge is 0.497 e. The van der Waals surface area contributed by atoms with Crippen molar-refractivity contribution in [2.24, 2.45) is 17.1 Å². The molecule has 2 atom stereocenters. The highest BCUT2D eigenvalue weighted by atomic mass is 16.5. The zero-order chi connectivity index (χ0) is 22.1. The molecule has 3 rings (SSSR count). The summed E-state index contributed by atoms with van der Waals surface area (Å²) in [5.41, 5.74) is 5.73. The van der Waals surface area contributed by atoms with Crippen molar-refractivity contribution in [3.63, 3.8) is 0 Å². The number of methoxy groups -OCH3 is 2. The number of nitrogens with two attached hydrogens (primary N) is 1. The third-order valence-corrected chi connectivity index (χ3v) is 5.88. The Morgan fingerprint density at radius 1 is 1.23 bits per heavy atom. The Hall–Kier alpha value is -3.96. The van der Waals surface area contributed by atoms with E-state index in [9.17, 15) is 20.6 Å². The van der Waals surface area contributed by atoms with Crippen molar-refractivity contribution in [1.29, 1.82) is 15.8 Å². The number of hydrogen-bond donors (Lipinski definition) is 1. The van der Waals surface area contributed by atoms with Crippen LogP contribution in [0.4, 0.5) is 0 Å². The number of benzene rings is 1. The van der Waals surface area contributed by atoms with E-state index in [1.807, 2.05) is 0 Å².